The summed E-state index contributed by atoms with van der Waals surface area (Å²) in [5.74, 6) is 0.495. The summed E-state index contributed by atoms with van der Waals surface area (Å²) >= 11 is 0. The van der Waals surface area contributed by atoms with Gasteiger partial charge in [-0.2, -0.15) is 5.10 Å². The monoisotopic (exact) mass is 394 g/mol. The number of ether oxygens (including phenoxy) is 1. The summed E-state index contributed by atoms with van der Waals surface area (Å²) in [5.41, 5.74) is 4.72. The van der Waals surface area contributed by atoms with Gasteiger partial charge in [0.1, 0.15) is 0 Å². The number of aryl methyl sites for hydroxylation is 2. The molecule has 2 amide bonds. The second kappa shape index (κ2) is 8.08. The largest absolute Gasteiger partial charge is 0.381 e. The van der Waals surface area contributed by atoms with Crippen LogP contribution in [0.5, 0.6) is 0 Å². The SMILES string of the molecule is Cc1ccc(-n2nc(NC(=O)Nc3cnn(C4CCOCC4)c3C)cc2C)cc1. The van der Waals surface area contributed by atoms with E-state index in [1.807, 2.05) is 60.5 Å². The summed E-state index contributed by atoms with van der Waals surface area (Å²) in [6.07, 6.45) is 3.56. The number of carbonyl (C=O) groups excluding carboxylic acids is 1. The summed E-state index contributed by atoms with van der Waals surface area (Å²) in [6.45, 7) is 7.46. The summed E-state index contributed by atoms with van der Waals surface area (Å²) in [6, 6.07) is 9.91. The van der Waals surface area contributed by atoms with Gasteiger partial charge >= 0.3 is 6.03 Å². The Morgan fingerprint density at radius 3 is 2.55 bits per heavy atom. The van der Waals surface area contributed by atoms with Gasteiger partial charge in [-0.1, -0.05) is 17.7 Å². The van der Waals surface area contributed by atoms with Gasteiger partial charge in [-0.15, -0.1) is 5.10 Å². The average Bonchev–Trinajstić information content (AvgIpc) is 3.25. The zero-order valence-electron chi connectivity index (χ0n) is 17.0. The van der Waals surface area contributed by atoms with Gasteiger partial charge in [-0.05, 0) is 45.7 Å². The maximum absolute atomic E-state index is 12.5. The lowest BCUT2D eigenvalue weighted by Crippen LogP contribution is -2.22. The molecule has 152 valence electrons. The van der Waals surface area contributed by atoms with Crippen molar-refractivity contribution in [3.8, 4) is 5.69 Å². The highest BCUT2D eigenvalue weighted by molar-refractivity contribution is 5.99. The Bertz CT molecular complexity index is 999. The van der Waals surface area contributed by atoms with Gasteiger partial charge in [0.15, 0.2) is 5.82 Å². The maximum Gasteiger partial charge on any atom is 0.324 e. The number of nitrogens with one attached hydrogen (secondary N) is 2. The van der Waals surface area contributed by atoms with Crippen molar-refractivity contribution in [3.63, 3.8) is 0 Å². The maximum atomic E-state index is 12.5. The third kappa shape index (κ3) is 4.17. The Kier molecular flexibility index (Phi) is 5.35. The molecule has 1 saturated heterocycles. The van der Waals surface area contributed by atoms with Crippen molar-refractivity contribution in [2.24, 2.45) is 0 Å². The summed E-state index contributed by atoms with van der Waals surface area (Å²) in [7, 11) is 0. The molecule has 3 aromatic rings. The lowest BCUT2D eigenvalue weighted by molar-refractivity contribution is 0.0657. The molecule has 29 heavy (non-hydrogen) atoms. The number of aromatic nitrogens is 4. The Hall–Kier alpha value is -3.13. The Labute approximate surface area is 169 Å². The second-order valence-corrected chi connectivity index (χ2v) is 7.43. The Morgan fingerprint density at radius 1 is 1.10 bits per heavy atom. The molecule has 0 atom stereocenters. The van der Waals surface area contributed by atoms with Crippen LogP contribution in [-0.2, 0) is 4.74 Å². The lowest BCUT2D eigenvalue weighted by Gasteiger charge is -2.23. The van der Waals surface area contributed by atoms with E-state index in [0.29, 0.717) is 17.5 Å². The van der Waals surface area contributed by atoms with E-state index in [1.165, 1.54) is 5.56 Å². The zero-order valence-corrected chi connectivity index (χ0v) is 17.0. The first-order valence-electron chi connectivity index (χ1n) is 9.85. The van der Waals surface area contributed by atoms with E-state index in [1.54, 1.807) is 6.20 Å². The van der Waals surface area contributed by atoms with Crippen LogP contribution in [0, 0.1) is 20.8 Å². The van der Waals surface area contributed by atoms with Crippen LogP contribution in [0.15, 0.2) is 36.5 Å². The number of urea groups is 1. The molecule has 0 saturated carbocycles. The first-order chi connectivity index (χ1) is 14.0. The van der Waals surface area contributed by atoms with E-state index in [4.69, 9.17) is 4.74 Å². The number of rotatable bonds is 4. The van der Waals surface area contributed by atoms with E-state index < -0.39 is 0 Å². The number of carbonyl (C=O) groups is 1. The Balaban J connectivity index is 1.43. The fraction of sp³-hybridized carbons (Fsp3) is 0.381. The highest BCUT2D eigenvalue weighted by atomic mass is 16.5. The highest BCUT2D eigenvalue weighted by Gasteiger charge is 2.20. The molecule has 1 aliphatic rings. The molecule has 3 heterocycles. The second-order valence-electron chi connectivity index (χ2n) is 7.43. The molecule has 0 bridgehead atoms. The first-order valence-corrected chi connectivity index (χ1v) is 9.85. The number of hydrogen-bond donors (Lipinski definition) is 2. The molecule has 2 N–H and O–H groups in total. The minimum atomic E-state index is -0.340. The quantitative estimate of drug-likeness (QED) is 0.701. The van der Waals surface area contributed by atoms with Crippen LogP contribution in [0.4, 0.5) is 16.3 Å². The van der Waals surface area contributed by atoms with Crippen molar-refractivity contribution in [1.82, 2.24) is 19.6 Å². The molecule has 1 aliphatic heterocycles. The van der Waals surface area contributed by atoms with Crippen LogP contribution < -0.4 is 10.6 Å². The highest BCUT2D eigenvalue weighted by Crippen LogP contribution is 2.25. The standard InChI is InChI=1S/C21H26N6O2/c1-14-4-6-17(7-5-14)26-15(2)12-20(25-26)24-21(28)23-19-13-22-27(16(19)3)18-8-10-29-11-9-18/h4-7,12-13,18H,8-11H2,1-3H3,(H2,23,24,25,28). The van der Waals surface area contributed by atoms with E-state index in [9.17, 15) is 4.79 Å². The molecular weight excluding hydrogens is 368 g/mol. The van der Waals surface area contributed by atoms with Gasteiger partial charge < -0.3 is 10.1 Å². The minimum Gasteiger partial charge on any atom is -0.381 e. The summed E-state index contributed by atoms with van der Waals surface area (Å²) in [5, 5.41) is 14.7. The van der Waals surface area contributed by atoms with Crippen LogP contribution in [0.25, 0.3) is 5.69 Å². The van der Waals surface area contributed by atoms with Crippen LogP contribution in [0.1, 0.15) is 35.8 Å². The van der Waals surface area contributed by atoms with Gasteiger partial charge in [0, 0.05) is 25.0 Å². The third-order valence-electron chi connectivity index (χ3n) is 5.24. The fourth-order valence-electron chi connectivity index (χ4n) is 3.60. The van der Waals surface area contributed by atoms with Gasteiger partial charge in [0.2, 0.25) is 0 Å². The fourth-order valence-corrected chi connectivity index (χ4v) is 3.60. The van der Waals surface area contributed by atoms with Gasteiger partial charge in [-0.3, -0.25) is 10.00 Å². The van der Waals surface area contributed by atoms with E-state index >= 15 is 0 Å². The molecule has 0 spiro atoms. The van der Waals surface area contributed by atoms with Crippen molar-refractivity contribution >= 4 is 17.5 Å². The van der Waals surface area contributed by atoms with Crippen molar-refractivity contribution in [2.45, 2.75) is 39.7 Å². The van der Waals surface area contributed by atoms with Gasteiger partial charge in [0.25, 0.3) is 0 Å². The predicted octanol–water partition coefficient (Wildman–Crippen LogP) is 3.99. The smallest absolute Gasteiger partial charge is 0.324 e. The molecule has 2 aromatic heterocycles. The van der Waals surface area contributed by atoms with E-state index in [2.05, 4.69) is 20.8 Å². The third-order valence-corrected chi connectivity index (χ3v) is 5.24. The van der Waals surface area contributed by atoms with Crippen LogP contribution in [0.3, 0.4) is 0 Å². The molecule has 8 nitrogen and oxygen atoms in total. The topological polar surface area (TPSA) is 86.0 Å². The Morgan fingerprint density at radius 2 is 1.83 bits per heavy atom. The molecule has 1 aromatic carbocycles. The normalized spacial score (nSPS) is 14.7. The van der Waals surface area contributed by atoms with Gasteiger partial charge in [0.05, 0.1) is 29.3 Å². The average molecular weight is 394 g/mol. The number of anilines is 2. The molecule has 0 radical (unpaired) electrons. The van der Waals surface area contributed by atoms with Crippen molar-refractivity contribution < 1.29 is 9.53 Å². The molecule has 1 fully saturated rings. The minimum absolute atomic E-state index is 0.315. The molecule has 4 rings (SSSR count). The van der Waals surface area contributed by atoms with E-state index in [0.717, 1.165) is 43.1 Å². The lowest BCUT2D eigenvalue weighted by atomic mass is 10.1. The van der Waals surface area contributed by atoms with Crippen LogP contribution >= 0.6 is 0 Å². The van der Waals surface area contributed by atoms with Gasteiger partial charge in [-0.25, -0.2) is 9.48 Å². The molecule has 8 heteroatoms. The van der Waals surface area contributed by atoms with Crippen LogP contribution in [-0.4, -0.2) is 38.8 Å². The van der Waals surface area contributed by atoms with Crippen molar-refractivity contribution in [2.75, 3.05) is 23.8 Å². The first kappa shape index (κ1) is 19.2. The van der Waals surface area contributed by atoms with Crippen molar-refractivity contribution in [1.29, 1.82) is 0 Å². The molecule has 0 unspecified atom stereocenters. The van der Waals surface area contributed by atoms with Crippen LogP contribution in [0.2, 0.25) is 0 Å². The predicted molar refractivity (Wildman–Crippen MR) is 112 cm³/mol. The molecule has 0 aliphatic carbocycles. The van der Waals surface area contributed by atoms with Crippen molar-refractivity contribution in [3.05, 3.63) is 53.5 Å². The number of hydrogen-bond acceptors (Lipinski definition) is 4. The van der Waals surface area contributed by atoms with E-state index in [-0.39, 0.29) is 6.03 Å². The number of amides is 2. The number of benzene rings is 1. The summed E-state index contributed by atoms with van der Waals surface area (Å²) in [4.78, 5) is 12.5. The summed E-state index contributed by atoms with van der Waals surface area (Å²) < 4.78 is 9.21. The zero-order chi connectivity index (χ0) is 20.4. The number of nitrogens with zero attached hydrogens (tertiary/aromatic N) is 4. The molecular formula is C21H26N6O2.